The van der Waals surface area contributed by atoms with Crippen LogP contribution in [0, 0.1) is 5.92 Å². The lowest BCUT2D eigenvalue weighted by Gasteiger charge is -2.33. The van der Waals surface area contributed by atoms with E-state index >= 15 is 0 Å². The van der Waals surface area contributed by atoms with E-state index < -0.39 is 0 Å². The van der Waals surface area contributed by atoms with E-state index in [1.54, 1.807) is 0 Å². The lowest BCUT2D eigenvalue weighted by Crippen LogP contribution is -2.47. The van der Waals surface area contributed by atoms with Crippen LogP contribution < -0.4 is 10.6 Å². The number of hydrogen-bond acceptors (Lipinski definition) is 4. The van der Waals surface area contributed by atoms with E-state index in [1.165, 1.54) is 0 Å². The molecule has 0 saturated carbocycles. The van der Waals surface area contributed by atoms with Crippen LogP contribution in [0.25, 0.3) is 0 Å². The molecule has 0 aromatic carbocycles. The fourth-order valence-electron chi connectivity index (χ4n) is 3.52. The number of guanidine groups is 1. The molecule has 6 nitrogen and oxygen atoms in total. The predicted molar refractivity (Wildman–Crippen MR) is 112 cm³/mol. The zero-order valence-corrected chi connectivity index (χ0v) is 18.2. The van der Waals surface area contributed by atoms with Gasteiger partial charge < -0.3 is 15.4 Å². The minimum Gasteiger partial charge on any atom is -0.374 e. The topological polar surface area (TPSA) is 52.1 Å². The van der Waals surface area contributed by atoms with Gasteiger partial charge in [-0.2, -0.15) is 0 Å². The third kappa shape index (κ3) is 9.19. The number of rotatable bonds is 10. The SMILES string of the molecule is CCNC(=NCC1CN(CC(C)C)CCO1)NCCN(C(C)C)C(C)C. The van der Waals surface area contributed by atoms with E-state index in [0.717, 1.165) is 51.8 Å². The number of morpholine rings is 1. The maximum atomic E-state index is 5.91. The fourth-order valence-corrected chi connectivity index (χ4v) is 3.52. The second kappa shape index (κ2) is 12.5. The van der Waals surface area contributed by atoms with Crippen molar-refractivity contribution in [3.05, 3.63) is 0 Å². The maximum absolute atomic E-state index is 5.91. The van der Waals surface area contributed by atoms with Gasteiger partial charge in [0.15, 0.2) is 5.96 Å². The highest BCUT2D eigenvalue weighted by Gasteiger charge is 2.20. The van der Waals surface area contributed by atoms with Gasteiger partial charge in [0.2, 0.25) is 0 Å². The van der Waals surface area contributed by atoms with Gasteiger partial charge in [0.05, 0.1) is 19.3 Å². The summed E-state index contributed by atoms with van der Waals surface area (Å²) in [5.41, 5.74) is 0. The number of nitrogens with one attached hydrogen (secondary N) is 2. The van der Waals surface area contributed by atoms with Crippen LogP contribution in [-0.2, 0) is 4.74 Å². The van der Waals surface area contributed by atoms with E-state index in [2.05, 4.69) is 68.9 Å². The van der Waals surface area contributed by atoms with Gasteiger partial charge in [-0.05, 0) is 40.5 Å². The van der Waals surface area contributed by atoms with Gasteiger partial charge in [0.1, 0.15) is 0 Å². The summed E-state index contributed by atoms with van der Waals surface area (Å²) in [6, 6.07) is 1.11. The fraction of sp³-hybridized carbons (Fsp3) is 0.950. The Morgan fingerprint density at radius 2 is 1.85 bits per heavy atom. The zero-order valence-electron chi connectivity index (χ0n) is 18.2. The highest BCUT2D eigenvalue weighted by atomic mass is 16.5. The monoisotopic (exact) mass is 369 g/mol. The van der Waals surface area contributed by atoms with Crippen LogP contribution in [0.5, 0.6) is 0 Å². The standard InChI is InChI=1S/C20H43N5O/c1-8-21-20(22-9-10-25(17(4)5)18(6)7)23-13-19-15-24(11-12-26-19)14-16(2)3/h16-19H,8-15H2,1-7H3,(H2,21,22,23). The quantitative estimate of drug-likeness (QED) is 0.456. The smallest absolute Gasteiger partial charge is 0.191 e. The highest BCUT2D eigenvalue weighted by Crippen LogP contribution is 2.08. The van der Waals surface area contributed by atoms with Crippen LogP contribution in [0.1, 0.15) is 48.5 Å². The molecular weight excluding hydrogens is 326 g/mol. The zero-order chi connectivity index (χ0) is 19.5. The average molecular weight is 370 g/mol. The van der Waals surface area contributed by atoms with Gasteiger partial charge in [0, 0.05) is 51.4 Å². The minimum atomic E-state index is 0.195. The average Bonchev–Trinajstić information content (AvgIpc) is 2.55. The first kappa shape index (κ1) is 23.2. The molecule has 0 spiro atoms. The third-order valence-electron chi connectivity index (χ3n) is 4.63. The Hall–Kier alpha value is -0.850. The molecule has 26 heavy (non-hydrogen) atoms. The van der Waals surface area contributed by atoms with Crippen molar-refractivity contribution in [3.63, 3.8) is 0 Å². The molecule has 1 rings (SSSR count). The summed E-state index contributed by atoms with van der Waals surface area (Å²) in [6.45, 7) is 23.1. The van der Waals surface area contributed by atoms with Crippen LogP contribution in [0.4, 0.5) is 0 Å². The highest BCUT2D eigenvalue weighted by molar-refractivity contribution is 5.79. The van der Waals surface area contributed by atoms with E-state index in [0.29, 0.717) is 24.5 Å². The second-order valence-electron chi connectivity index (χ2n) is 8.22. The summed E-state index contributed by atoms with van der Waals surface area (Å²) in [5.74, 6) is 1.59. The molecule has 0 radical (unpaired) electrons. The van der Waals surface area contributed by atoms with Gasteiger partial charge in [-0.3, -0.25) is 14.8 Å². The van der Waals surface area contributed by atoms with Crippen molar-refractivity contribution in [3.8, 4) is 0 Å². The largest absolute Gasteiger partial charge is 0.374 e. The molecule has 6 heteroatoms. The lowest BCUT2D eigenvalue weighted by molar-refractivity contribution is -0.0261. The number of hydrogen-bond donors (Lipinski definition) is 2. The first-order valence-electron chi connectivity index (χ1n) is 10.4. The Morgan fingerprint density at radius 3 is 2.42 bits per heavy atom. The molecule has 1 atom stereocenters. The van der Waals surface area contributed by atoms with Crippen molar-refractivity contribution in [1.29, 1.82) is 0 Å². The van der Waals surface area contributed by atoms with Crippen LogP contribution in [-0.4, -0.2) is 86.4 Å². The van der Waals surface area contributed by atoms with Crippen LogP contribution in [0.2, 0.25) is 0 Å². The second-order valence-corrected chi connectivity index (χ2v) is 8.22. The van der Waals surface area contributed by atoms with Crippen LogP contribution in [0.15, 0.2) is 4.99 Å². The Bertz CT molecular complexity index is 390. The molecule has 0 aromatic rings. The number of ether oxygens (including phenoxy) is 1. The molecule has 1 fully saturated rings. The van der Waals surface area contributed by atoms with Crippen molar-refractivity contribution >= 4 is 5.96 Å². The van der Waals surface area contributed by atoms with Crippen molar-refractivity contribution in [2.45, 2.75) is 66.7 Å². The molecule has 154 valence electrons. The summed E-state index contributed by atoms with van der Waals surface area (Å²) < 4.78 is 5.91. The van der Waals surface area contributed by atoms with Crippen molar-refractivity contribution in [2.75, 3.05) is 52.4 Å². The molecule has 2 N–H and O–H groups in total. The van der Waals surface area contributed by atoms with Gasteiger partial charge in [-0.15, -0.1) is 0 Å². The van der Waals surface area contributed by atoms with Crippen molar-refractivity contribution < 1.29 is 4.74 Å². The summed E-state index contributed by atoms with van der Waals surface area (Å²) in [6.07, 6.45) is 0.195. The normalized spacial score (nSPS) is 19.8. The van der Waals surface area contributed by atoms with E-state index in [1.807, 2.05) is 0 Å². The molecule has 1 saturated heterocycles. The molecule has 1 aliphatic rings. The Balaban J connectivity index is 2.47. The number of aliphatic imine (C=N–C) groups is 1. The molecule has 1 aliphatic heterocycles. The molecule has 0 aliphatic carbocycles. The van der Waals surface area contributed by atoms with E-state index in [9.17, 15) is 0 Å². The van der Waals surface area contributed by atoms with E-state index in [-0.39, 0.29) is 6.10 Å². The minimum absolute atomic E-state index is 0.195. The van der Waals surface area contributed by atoms with Gasteiger partial charge in [-0.1, -0.05) is 13.8 Å². The van der Waals surface area contributed by atoms with Gasteiger partial charge in [-0.25, -0.2) is 0 Å². The maximum Gasteiger partial charge on any atom is 0.191 e. The van der Waals surface area contributed by atoms with Gasteiger partial charge in [0.25, 0.3) is 0 Å². The van der Waals surface area contributed by atoms with Crippen LogP contribution >= 0.6 is 0 Å². The molecule has 0 bridgehead atoms. The molecular formula is C20H43N5O. The first-order valence-corrected chi connectivity index (χ1v) is 10.4. The Labute approximate surface area is 161 Å². The first-order chi connectivity index (χ1) is 12.3. The summed E-state index contributed by atoms with van der Waals surface area (Å²) in [4.78, 5) is 9.75. The molecule has 1 unspecified atom stereocenters. The van der Waals surface area contributed by atoms with E-state index in [4.69, 9.17) is 9.73 Å². The van der Waals surface area contributed by atoms with Gasteiger partial charge >= 0.3 is 0 Å². The van der Waals surface area contributed by atoms with Crippen molar-refractivity contribution in [1.82, 2.24) is 20.4 Å². The number of nitrogens with zero attached hydrogens (tertiary/aromatic N) is 3. The predicted octanol–water partition coefficient (Wildman–Crippen LogP) is 2.02. The Kier molecular flexibility index (Phi) is 11.2. The van der Waals surface area contributed by atoms with Crippen LogP contribution in [0.3, 0.4) is 0 Å². The third-order valence-corrected chi connectivity index (χ3v) is 4.63. The Morgan fingerprint density at radius 1 is 1.15 bits per heavy atom. The molecule has 0 amide bonds. The summed E-state index contributed by atoms with van der Waals surface area (Å²) >= 11 is 0. The summed E-state index contributed by atoms with van der Waals surface area (Å²) in [7, 11) is 0. The summed E-state index contributed by atoms with van der Waals surface area (Å²) in [5, 5.41) is 6.82. The van der Waals surface area contributed by atoms with Crippen molar-refractivity contribution in [2.24, 2.45) is 10.9 Å². The molecule has 1 heterocycles. The molecule has 0 aromatic heterocycles. The lowest BCUT2D eigenvalue weighted by atomic mass is 10.2.